The number of nitrogens with zero attached hydrogens (tertiary/aromatic N) is 3. The average Bonchev–Trinajstić information content (AvgIpc) is 2.83. The maximum Gasteiger partial charge on any atom is 0.243 e. The van der Waals surface area contributed by atoms with Gasteiger partial charge in [0.15, 0.2) is 0 Å². The van der Waals surface area contributed by atoms with Gasteiger partial charge >= 0.3 is 0 Å². The molecule has 1 aliphatic rings. The molecule has 21 heavy (non-hydrogen) atoms. The maximum absolute atomic E-state index is 12.8. The van der Waals surface area contributed by atoms with Crippen LogP contribution in [0.5, 0.6) is 0 Å². The summed E-state index contributed by atoms with van der Waals surface area (Å²) in [5.74, 6) is 0. The number of imidazole rings is 1. The van der Waals surface area contributed by atoms with Crippen molar-refractivity contribution in [1.29, 1.82) is 0 Å². The molecule has 2 aromatic rings. The van der Waals surface area contributed by atoms with Crippen molar-refractivity contribution in [3.8, 4) is 0 Å². The van der Waals surface area contributed by atoms with Gasteiger partial charge in [0, 0.05) is 20.0 Å². The summed E-state index contributed by atoms with van der Waals surface area (Å²) in [6, 6.07) is 5.31. The van der Waals surface area contributed by atoms with E-state index in [0.29, 0.717) is 24.4 Å². The highest BCUT2D eigenvalue weighted by molar-refractivity contribution is 7.89. The molecular formula is C15H19N3O2S. The first-order valence-electron chi connectivity index (χ1n) is 6.96. The van der Waals surface area contributed by atoms with Crippen molar-refractivity contribution in [3.63, 3.8) is 0 Å². The number of aromatic nitrogens is 2. The first-order chi connectivity index (χ1) is 9.89. The van der Waals surface area contributed by atoms with Crippen molar-refractivity contribution in [2.75, 3.05) is 6.54 Å². The Kier molecular flexibility index (Phi) is 3.37. The van der Waals surface area contributed by atoms with Crippen LogP contribution in [0, 0.1) is 13.8 Å². The van der Waals surface area contributed by atoms with E-state index < -0.39 is 10.0 Å². The summed E-state index contributed by atoms with van der Waals surface area (Å²) >= 11 is 0. The molecule has 0 radical (unpaired) electrons. The van der Waals surface area contributed by atoms with Crippen molar-refractivity contribution < 1.29 is 8.42 Å². The number of fused-ring (bicyclic) bond motifs is 1. The monoisotopic (exact) mass is 305 g/mol. The predicted octanol–water partition coefficient (Wildman–Crippen LogP) is 1.78. The van der Waals surface area contributed by atoms with Gasteiger partial charge in [-0.2, -0.15) is 4.31 Å². The van der Waals surface area contributed by atoms with Gasteiger partial charge in [-0.05, 0) is 37.1 Å². The topological polar surface area (TPSA) is 55.2 Å². The Hall–Kier alpha value is -1.66. The molecule has 0 aliphatic carbocycles. The molecule has 6 heteroatoms. The largest absolute Gasteiger partial charge is 0.336 e. The summed E-state index contributed by atoms with van der Waals surface area (Å²) in [7, 11) is -1.55. The molecule has 0 N–H and O–H groups in total. The predicted molar refractivity (Wildman–Crippen MR) is 80.4 cm³/mol. The highest BCUT2D eigenvalue weighted by Crippen LogP contribution is 2.25. The molecule has 1 aliphatic heterocycles. The molecule has 2 heterocycles. The van der Waals surface area contributed by atoms with E-state index in [1.807, 2.05) is 31.5 Å². The minimum absolute atomic E-state index is 0.371. The third-order valence-corrected chi connectivity index (χ3v) is 6.03. The number of benzene rings is 1. The van der Waals surface area contributed by atoms with Gasteiger partial charge in [-0.15, -0.1) is 0 Å². The van der Waals surface area contributed by atoms with E-state index in [1.54, 1.807) is 22.8 Å². The number of rotatable bonds is 2. The average molecular weight is 305 g/mol. The summed E-state index contributed by atoms with van der Waals surface area (Å²) in [5.41, 5.74) is 4.08. The van der Waals surface area contributed by atoms with E-state index in [-0.39, 0.29) is 0 Å². The van der Waals surface area contributed by atoms with Crippen LogP contribution in [0.25, 0.3) is 0 Å². The summed E-state index contributed by atoms with van der Waals surface area (Å²) in [6.45, 7) is 4.79. The number of sulfonamides is 1. The Morgan fingerprint density at radius 3 is 2.67 bits per heavy atom. The van der Waals surface area contributed by atoms with Gasteiger partial charge in [-0.25, -0.2) is 13.4 Å². The van der Waals surface area contributed by atoms with Gasteiger partial charge in [-0.1, -0.05) is 6.07 Å². The fourth-order valence-electron chi connectivity index (χ4n) is 2.62. The summed E-state index contributed by atoms with van der Waals surface area (Å²) in [6.07, 6.45) is 2.41. The lowest BCUT2D eigenvalue weighted by atomic mass is 10.1. The SMILES string of the molecule is Cc1ccc(S(=O)(=O)N2CCc3ncn(C)c3C2)cc1C. The molecule has 0 saturated carbocycles. The van der Waals surface area contributed by atoms with Crippen molar-refractivity contribution in [3.05, 3.63) is 47.0 Å². The van der Waals surface area contributed by atoms with Crippen LogP contribution in [0.4, 0.5) is 0 Å². The minimum Gasteiger partial charge on any atom is -0.336 e. The van der Waals surface area contributed by atoms with Crippen LogP contribution in [0.1, 0.15) is 22.5 Å². The number of hydrogen-bond donors (Lipinski definition) is 0. The molecule has 0 unspecified atom stereocenters. The van der Waals surface area contributed by atoms with Crippen molar-refractivity contribution in [2.24, 2.45) is 7.05 Å². The second kappa shape index (κ2) is 4.96. The molecule has 0 spiro atoms. The van der Waals surface area contributed by atoms with Crippen molar-refractivity contribution in [2.45, 2.75) is 31.7 Å². The van der Waals surface area contributed by atoms with Crippen LogP contribution in [-0.4, -0.2) is 28.8 Å². The van der Waals surface area contributed by atoms with Crippen LogP contribution in [-0.2, 0) is 30.0 Å². The Labute approximate surface area is 125 Å². The van der Waals surface area contributed by atoms with E-state index in [0.717, 1.165) is 22.5 Å². The second-order valence-corrected chi connectivity index (χ2v) is 7.52. The molecule has 112 valence electrons. The molecule has 0 bridgehead atoms. The fourth-order valence-corrected chi connectivity index (χ4v) is 4.11. The van der Waals surface area contributed by atoms with Gasteiger partial charge in [0.1, 0.15) is 0 Å². The van der Waals surface area contributed by atoms with E-state index in [1.165, 1.54) is 0 Å². The number of aryl methyl sites for hydroxylation is 3. The Balaban J connectivity index is 1.96. The first-order valence-corrected chi connectivity index (χ1v) is 8.40. The smallest absolute Gasteiger partial charge is 0.243 e. The molecule has 0 saturated heterocycles. The van der Waals surface area contributed by atoms with Crippen LogP contribution in [0.3, 0.4) is 0 Å². The Morgan fingerprint density at radius 2 is 1.95 bits per heavy atom. The minimum atomic E-state index is -3.45. The molecule has 1 aromatic carbocycles. The lowest BCUT2D eigenvalue weighted by Crippen LogP contribution is -2.36. The van der Waals surface area contributed by atoms with E-state index in [4.69, 9.17) is 0 Å². The van der Waals surface area contributed by atoms with Gasteiger partial charge in [0.2, 0.25) is 10.0 Å². The molecule has 3 rings (SSSR count). The zero-order chi connectivity index (χ0) is 15.2. The third kappa shape index (κ3) is 2.38. The van der Waals surface area contributed by atoms with Crippen LogP contribution in [0.2, 0.25) is 0 Å². The zero-order valence-corrected chi connectivity index (χ0v) is 13.3. The van der Waals surface area contributed by atoms with Crippen LogP contribution in [0.15, 0.2) is 29.4 Å². The molecule has 0 fully saturated rings. The normalized spacial score (nSPS) is 16.0. The maximum atomic E-state index is 12.8. The number of hydrogen-bond acceptors (Lipinski definition) is 3. The molecule has 5 nitrogen and oxygen atoms in total. The molecule has 1 aromatic heterocycles. The second-order valence-electron chi connectivity index (χ2n) is 5.58. The lowest BCUT2D eigenvalue weighted by molar-refractivity contribution is 0.380. The Bertz CT molecular complexity index is 793. The van der Waals surface area contributed by atoms with Crippen molar-refractivity contribution in [1.82, 2.24) is 13.9 Å². The van der Waals surface area contributed by atoms with Crippen molar-refractivity contribution >= 4 is 10.0 Å². The third-order valence-electron chi connectivity index (χ3n) is 4.19. The highest BCUT2D eigenvalue weighted by atomic mass is 32.2. The zero-order valence-electron chi connectivity index (χ0n) is 12.5. The van der Waals surface area contributed by atoms with E-state index >= 15 is 0 Å². The quantitative estimate of drug-likeness (QED) is 0.850. The van der Waals surface area contributed by atoms with Crippen LogP contribution < -0.4 is 0 Å². The Morgan fingerprint density at radius 1 is 1.19 bits per heavy atom. The summed E-state index contributed by atoms with van der Waals surface area (Å²) in [4.78, 5) is 4.68. The van der Waals surface area contributed by atoms with Crippen LogP contribution >= 0.6 is 0 Å². The van der Waals surface area contributed by atoms with Gasteiger partial charge in [-0.3, -0.25) is 0 Å². The summed E-state index contributed by atoms with van der Waals surface area (Å²) < 4.78 is 29.0. The highest BCUT2D eigenvalue weighted by Gasteiger charge is 2.30. The van der Waals surface area contributed by atoms with Gasteiger partial charge in [0.05, 0.1) is 29.2 Å². The standard InChI is InChI=1S/C15H19N3O2S/c1-11-4-5-13(8-12(11)2)21(19,20)18-7-6-14-15(9-18)17(3)10-16-14/h4-5,8,10H,6-7,9H2,1-3H3. The van der Waals surface area contributed by atoms with E-state index in [2.05, 4.69) is 4.98 Å². The lowest BCUT2D eigenvalue weighted by Gasteiger charge is -2.26. The van der Waals surface area contributed by atoms with Gasteiger partial charge in [0.25, 0.3) is 0 Å². The molecule has 0 atom stereocenters. The van der Waals surface area contributed by atoms with E-state index in [9.17, 15) is 8.42 Å². The van der Waals surface area contributed by atoms with Gasteiger partial charge < -0.3 is 4.57 Å². The molecular weight excluding hydrogens is 286 g/mol. The molecule has 0 amide bonds. The summed E-state index contributed by atoms with van der Waals surface area (Å²) in [5, 5.41) is 0. The first kappa shape index (κ1) is 14.3. The fraction of sp³-hybridized carbons (Fsp3) is 0.400.